The molecule has 1 fully saturated rings. The molecule has 0 aliphatic carbocycles. The second kappa shape index (κ2) is 6.72. The molecule has 0 saturated carbocycles. The maximum absolute atomic E-state index is 13.0. The smallest absolute Gasteiger partial charge is 0.335 e. The van der Waals surface area contributed by atoms with Gasteiger partial charge in [0, 0.05) is 24.3 Å². The summed E-state index contributed by atoms with van der Waals surface area (Å²) in [7, 11) is 0. The zero-order chi connectivity index (χ0) is 18.0. The van der Waals surface area contributed by atoms with Crippen molar-refractivity contribution in [2.45, 2.75) is 6.42 Å². The van der Waals surface area contributed by atoms with Gasteiger partial charge < -0.3 is 15.3 Å². The van der Waals surface area contributed by atoms with Crippen molar-refractivity contribution in [1.29, 1.82) is 0 Å². The molecule has 0 bridgehead atoms. The number of carboxylic acid groups (broad SMARTS) is 1. The fourth-order valence-electron chi connectivity index (χ4n) is 2.73. The highest BCUT2D eigenvalue weighted by Gasteiger charge is 2.35. The minimum atomic E-state index is -1.09. The molecule has 6 nitrogen and oxygen atoms in total. The monoisotopic (exact) mass is 342 g/mol. The fraction of sp³-hybridized carbons (Fsp3) is 0.167. The van der Waals surface area contributed by atoms with Crippen molar-refractivity contribution < 1.29 is 23.9 Å². The molecule has 1 aliphatic heterocycles. The Hall–Kier alpha value is -3.22. The van der Waals surface area contributed by atoms with Gasteiger partial charge in [0.1, 0.15) is 5.82 Å². The van der Waals surface area contributed by atoms with Crippen LogP contribution in [0.4, 0.5) is 15.8 Å². The highest BCUT2D eigenvalue weighted by molar-refractivity contribution is 6.03. The van der Waals surface area contributed by atoms with E-state index in [1.165, 1.54) is 47.4 Å². The molecule has 0 aromatic heterocycles. The second-order valence-corrected chi connectivity index (χ2v) is 5.76. The number of nitrogens with one attached hydrogen (secondary N) is 1. The molecule has 0 spiro atoms. The SMILES string of the molecule is O=C(O)c1cccc(NC(=O)[C@@H]2CC(=O)N(c3ccc(F)cc3)C2)c1. The Labute approximate surface area is 142 Å². The number of anilines is 2. The predicted octanol–water partition coefficient (Wildman–Crippen LogP) is 2.52. The molecule has 1 heterocycles. The lowest BCUT2D eigenvalue weighted by Crippen LogP contribution is -2.28. The Morgan fingerprint density at radius 1 is 1.16 bits per heavy atom. The molecule has 2 aromatic carbocycles. The van der Waals surface area contributed by atoms with Gasteiger partial charge in [0.25, 0.3) is 0 Å². The van der Waals surface area contributed by atoms with Crippen molar-refractivity contribution in [2.75, 3.05) is 16.8 Å². The maximum Gasteiger partial charge on any atom is 0.335 e. The Morgan fingerprint density at radius 3 is 2.56 bits per heavy atom. The molecule has 2 aromatic rings. The molecule has 1 saturated heterocycles. The van der Waals surface area contributed by atoms with Gasteiger partial charge in [0.15, 0.2) is 0 Å². The zero-order valence-corrected chi connectivity index (χ0v) is 13.1. The lowest BCUT2D eigenvalue weighted by atomic mass is 10.1. The predicted molar refractivity (Wildman–Crippen MR) is 88.9 cm³/mol. The molecular formula is C18H15FN2O4. The highest BCUT2D eigenvalue weighted by atomic mass is 19.1. The van der Waals surface area contributed by atoms with Crippen LogP contribution in [-0.4, -0.2) is 29.4 Å². The first kappa shape index (κ1) is 16.6. The van der Waals surface area contributed by atoms with Crippen LogP contribution in [0.25, 0.3) is 0 Å². The van der Waals surface area contributed by atoms with E-state index >= 15 is 0 Å². The van der Waals surface area contributed by atoms with Crippen molar-refractivity contribution in [2.24, 2.45) is 5.92 Å². The van der Waals surface area contributed by atoms with E-state index in [1.54, 1.807) is 6.07 Å². The van der Waals surface area contributed by atoms with E-state index in [1.807, 2.05) is 0 Å². The largest absolute Gasteiger partial charge is 0.478 e. The van der Waals surface area contributed by atoms with Crippen LogP contribution < -0.4 is 10.2 Å². The van der Waals surface area contributed by atoms with E-state index in [0.29, 0.717) is 11.4 Å². The number of carbonyl (C=O) groups is 3. The molecule has 3 rings (SSSR count). The Kier molecular flexibility index (Phi) is 4.47. The van der Waals surface area contributed by atoms with Crippen LogP contribution in [0.2, 0.25) is 0 Å². The molecule has 0 unspecified atom stereocenters. The van der Waals surface area contributed by atoms with Crippen molar-refractivity contribution in [1.82, 2.24) is 0 Å². The Bertz CT molecular complexity index is 835. The number of aromatic carboxylic acids is 1. The topological polar surface area (TPSA) is 86.7 Å². The first-order valence-electron chi connectivity index (χ1n) is 7.64. The first-order chi connectivity index (χ1) is 11.9. The van der Waals surface area contributed by atoms with Crippen LogP contribution in [0, 0.1) is 11.7 Å². The molecule has 7 heteroatoms. The third-order valence-electron chi connectivity index (χ3n) is 4.01. The standard InChI is InChI=1S/C18H15FN2O4/c19-13-4-6-15(7-5-13)21-10-12(9-16(21)22)17(23)20-14-3-1-2-11(8-14)18(24)25/h1-8,12H,9-10H2,(H,20,23)(H,24,25)/t12-/m1/s1. The van der Waals surface area contributed by atoms with E-state index in [-0.39, 0.29) is 30.3 Å². The van der Waals surface area contributed by atoms with Crippen molar-refractivity contribution in [3.8, 4) is 0 Å². The summed E-state index contributed by atoms with van der Waals surface area (Å²) in [4.78, 5) is 36.9. The van der Waals surface area contributed by atoms with Crippen LogP contribution in [-0.2, 0) is 9.59 Å². The minimum Gasteiger partial charge on any atom is -0.478 e. The number of benzene rings is 2. The van der Waals surface area contributed by atoms with Crippen LogP contribution in [0.3, 0.4) is 0 Å². The summed E-state index contributed by atoms with van der Waals surface area (Å²) < 4.78 is 13.0. The number of amides is 2. The summed E-state index contributed by atoms with van der Waals surface area (Å²) in [5.74, 6) is -2.63. The summed E-state index contributed by atoms with van der Waals surface area (Å²) in [6.45, 7) is 0.189. The van der Waals surface area contributed by atoms with Crippen molar-refractivity contribution in [3.05, 3.63) is 59.9 Å². The summed E-state index contributed by atoms with van der Waals surface area (Å²) >= 11 is 0. The third kappa shape index (κ3) is 3.65. The van der Waals surface area contributed by atoms with Gasteiger partial charge in [-0.2, -0.15) is 0 Å². The number of carboxylic acids is 1. The van der Waals surface area contributed by atoms with Crippen molar-refractivity contribution >= 4 is 29.2 Å². The minimum absolute atomic E-state index is 0.0435. The third-order valence-corrected chi connectivity index (χ3v) is 4.01. The van der Waals surface area contributed by atoms with Gasteiger partial charge >= 0.3 is 5.97 Å². The first-order valence-corrected chi connectivity index (χ1v) is 7.64. The molecule has 1 atom stereocenters. The molecule has 128 valence electrons. The van der Waals surface area contributed by atoms with Crippen LogP contribution in [0.15, 0.2) is 48.5 Å². The number of carbonyl (C=O) groups excluding carboxylic acids is 2. The molecule has 2 N–H and O–H groups in total. The van der Waals surface area contributed by atoms with Gasteiger partial charge in [0.2, 0.25) is 11.8 Å². The quantitative estimate of drug-likeness (QED) is 0.894. The number of hydrogen-bond acceptors (Lipinski definition) is 3. The average molecular weight is 342 g/mol. The fourth-order valence-corrected chi connectivity index (χ4v) is 2.73. The lowest BCUT2D eigenvalue weighted by Gasteiger charge is -2.16. The van der Waals surface area contributed by atoms with Gasteiger partial charge in [-0.15, -0.1) is 0 Å². The summed E-state index contributed by atoms with van der Waals surface area (Å²) in [5, 5.41) is 11.6. The van der Waals surface area contributed by atoms with Gasteiger partial charge in [-0.05, 0) is 42.5 Å². The molecule has 0 radical (unpaired) electrons. The molecule has 2 amide bonds. The highest BCUT2D eigenvalue weighted by Crippen LogP contribution is 2.26. The van der Waals surface area contributed by atoms with Crippen molar-refractivity contribution in [3.63, 3.8) is 0 Å². The Morgan fingerprint density at radius 2 is 1.88 bits per heavy atom. The summed E-state index contributed by atoms with van der Waals surface area (Å²) in [5.41, 5.74) is 0.959. The number of halogens is 1. The van der Waals surface area contributed by atoms with E-state index < -0.39 is 17.7 Å². The molecule has 25 heavy (non-hydrogen) atoms. The van der Waals surface area contributed by atoms with Crippen LogP contribution in [0.5, 0.6) is 0 Å². The van der Waals surface area contributed by atoms with E-state index in [4.69, 9.17) is 5.11 Å². The average Bonchev–Trinajstić information content (AvgIpc) is 2.98. The second-order valence-electron chi connectivity index (χ2n) is 5.76. The number of rotatable bonds is 4. The normalized spacial score (nSPS) is 16.8. The van der Waals surface area contributed by atoms with E-state index in [9.17, 15) is 18.8 Å². The van der Waals surface area contributed by atoms with Gasteiger partial charge in [-0.25, -0.2) is 9.18 Å². The van der Waals surface area contributed by atoms with Crippen LogP contribution >= 0.6 is 0 Å². The number of hydrogen-bond donors (Lipinski definition) is 2. The summed E-state index contributed by atoms with van der Waals surface area (Å²) in [6.07, 6.45) is 0.0435. The van der Waals surface area contributed by atoms with Gasteiger partial charge in [-0.3, -0.25) is 9.59 Å². The Balaban J connectivity index is 1.69. The maximum atomic E-state index is 13.0. The lowest BCUT2D eigenvalue weighted by molar-refractivity contribution is -0.122. The number of nitrogens with zero attached hydrogens (tertiary/aromatic N) is 1. The van der Waals surface area contributed by atoms with E-state index in [0.717, 1.165) is 0 Å². The molecular weight excluding hydrogens is 327 g/mol. The van der Waals surface area contributed by atoms with Gasteiger partial charge in [-0.1, -0.05) is 6.07 Å². The van der Waals surface area contributed by atoms with Crippen LogP contribution in [0.1, 0.15) is 16.8 Å². The van der Waals surface area contributed by atoms with E-state index in [2.05, 4.69) is 5.32 Å². The summed E-state index contributed by atoms with van der Waals surface area (Å²) in [6, 6.07) is 11.4. The zero-order valence-electron chi connectivity index (χ0n) is 13.1. The van der Waals surface area contributed by atoms with Gasteiger partial charge in [0.05, 0.1) is 11.5 Å². The molecule has 1 aliphatic rings.